The number of hydrogen-bond donors (Lipinski definition) is 1. The van der Waals surface area contributed by atoms with Crippen LogP contribution in [0.5, 0.6) is 0 Å². The summed E-state index contributed by atoms with van der Waals surface area (Å²) >= 11 is 1.64. The molecular weight excluding hydrogens is 280 g/mol. The van der Waals surface area contributed by atoms with Gasteiger partial charge in [-0.05, 0) is 61.4 Å². The summed E-state index contributed by atoms with van der Waals surface area (Å²) < 4.78 is 2.00. The van der Waals surface area contributed by atoms with Gasteiger partial charge in [0.15, 0.2) is 10.8 Å². The molecule has 0 saturated carbocycles. The van der Waals surface area contributed by atoms with Crippen molar-refractivity contribution in [2.24, 2.45) is 5.73 Å². The molecule has 2 heterocycles. The van der Waals surface area contributed by atoms with Crippen molar-refractivity contribution in [1.82, 2.24) is 14.6 Å². The topological polar surface area (TPSA) is 56.2 Å². The van der Waals surface area contributed by atoms with Gasteiger partial charge < -0.3 is 5.73 Å². The predicted octanol–water partition coefficient (Wildman–Crippen LogP) is 3.08. The maximum atomic E-state index is 5.86. The lowest BCUT2D eigenvalue weighted by Crippen LogP contribution is -2.17. The van der Waals surface area contributed by atoms with Crippen LogP contribution in [-0.2, 0) is 6.42 Å². The molecule has 21 heavy (non-hydrogen) atoms. The molecule has 1 atom stereocenters. The molecule has 0 aliphatic rings. The molecule has 0 saturated heterocycles. The van der Waals surface area contributed by atoms with Gasteiger partial charge in [-0.2, -0.15) is 0 Å². The Hall–Kier alpha value is -1.85. The Morgan fingerprint density at radius 1 is 1.24 bits per heavy atom. The molecule has 3 aromatic rings. The molecule has 1 aromatic carbocycles. The second-order valence-corrected chi connectivity index (χ2v) is 6.30. The largest absolute Gasteiger partial charge is 0.328 e. The molecule has 0 bridgehead atoms. The molecule has 4 nitrogen and oxygen atoms in total. The number of benzene rings is 1. The first-order valence-corrected chi connectivity index (χ1v) is 7.78. The number of aryl methyl sites for hydroxylation is 1. The highest BCUT2D eigenvalue weighted by Crippen LogP contribution is 2.29. The molecule has 0 aliphatic carbocycles. The number of rotatable bonds is 4. The first-order chi connectivity index (χ1) is 10.1. The summed E-state index contributed by atoms with van der Waals surface area (Å²) in [6.45, 7) is 4.15. The van der Waals surface area contributed by atoms with Crippen LogP contribution in [0.2, 0.25) is 0 Å². The van der Waals surface area contributed by atoms with Crippen LogP contribution in [-0.4, -0.2) is 20.6 Å². The van der Waals surface area contributed by atoms with Crippen molar-refractivity contribution in [3.05, 3.63) is 53.7 Å². The van der Waals surface area contributed by atoms with E-state index in [1.54, 1.807) is 11.8 Å². The molecule has 2 aromatic heterocycles. The predicted molar refractivity (Wildman–Crippen MR) is 85.6 cm³/mol. The minimum atomic E-state index is 0.184. The third-order valence-electron chi connectivity index (χ3n) is 3.28. The van der Waals surface area contributed by atoms with Crippen molar-refractivity contribution in [2.75, 3.05) is 0 Å². The van der Waals surface area contributed by atoms with Crippen molar-refractivity contribution in [1.29, 1.82) is 0 Å². The summed E-state index contributed by atoms with van der Waals surface area (Å²) in [5.41, 5.74) is 9.24. The molecular formula is C16H18N4S. The average Bonchev–Trinajstić information content (AvgIpc) is 2.85. The van der Waals surface area contributed by atoms with Gasteiger partial charge in [0, 0.05) is 17.1 Å². The molecule has 0 amide bonds. The number of nitrogens with two attached hydrogens (primary N) is 1. The summed E-state index contributed by atoms with van der Waals surface area (Å²) in [7, 11) is 0. The number of fused-ring (bicyclic) bond motifs is 1. The monoisotopic (exact) mass is 298 g/mol. The van der Waals surface area contributed by atoms with Crippen molar-refractivity contribution in [2.45, 2.75) is 36.4 Å². The van der Waals surface area contributed by atoms with Gasteiger partial charge in [0.05, 0.1) is 0 Å². The second-order valence-electron chi connectivity index (χ2n) is 5.29. The van der Waals surface area contributed by atoms with E-state index in [1.807, 2.05) is 35.7 Å². The van der Waals surface area contributed by atoms with Crippen molar-refractivity contribution in [3.63, 3.8) is 0 Å². The van der Waals surface area contributed by atoms with Gasteiger partial charge >= 0.3 is 0 Å². The lowest BCUT2D eigenvalue weighted by Gasteiger charge is -2.09. The molecule has 108 valence electrons. The maximum Gasteiger partial charge on any atom is 0.200 e. The fourth-order valence-electron chi connectivity index (χ4n) is 2.31. The van der Waals surface area contributed by atoms with Gasteiger partial charge in [-0.1, -0.05) is 18.2 Å². The maximum absolute atomic E-state index is 5.86. The van der Waals surface area contributed by atoms with Crippen LogP contribution >= 0.6 is 11.8 Å². The van der Waals surface area contributed by atoms with E-state index in [1.165, 1.54) is 16.0 Å². The van der Waals surface area contributed by atoms with Crippen LogP contribution < -0.4 is 5.73 Å². The lowest BCUT2D eigenvalue weighted by molar-refractivity contribution is 0.737. The molecule has 3 rings (SSSR count). The molecule has 0 radical (unpaired) electrons. The number of aromatic nitrogens is 3. The molecule has 1 unspecified atom stereocenters. The fraction of sp³-hybridized carbons (Fsp3) is 0.250. The van der Waals surface area contributed by atoms with Gasteiger partial charge in [0.2, 0.25) is 0 Å². The normalized spacial score (nSPS) is 12.7. The van der Waals surface area contributed by atoms with Crippen LogP contribution in [0.4, 0.5) is 0 Å². The fourth-order valence-corrected chi connectivity index (χ4v) is 3.20. The molecule has 0 fully saturated rings. The van der Waals surface area contributed by atoms with Gasteiger partial charge in [-0.15, -0.1) is 10.2 Å². The van der Waals surface area contributed by atoms with Gasteiger partial charge in [-0.25, -0.2) is 0 Å². The highest BCUT2D eigenvalue weighted by atomic mass is 32.2. The minimum Gasteiger partial charge on any atom is -0.328 e. The van der Waals surface area contributed by atoms with E-state index < -0.39 is 0 Å². The quantitative estimate of drug-likeness (QED) is 0.804. The van der Waals surface area contributed by atoms with Crippen LogP contribution in [0.3, 0.4) is 0 Å². The number of pyridine rings is 1. The summed E-state index contributed by atoms with van der Waals surface area (Å²) in [5, 5.41) is 9.32. The Balaban J connectivity index is 1.88. The van der Waals surface area contributed by atoms with Gasteiger partial charge in [0.25, 0.3) is 0 Å². The van der Waals surface area contributed by atoms with Crippen molar-refractivity contribution >= 4 is 17.4 Å². The van der Waals surface area contributed by atoms with E-state index in [4.69, 9.17) is 5.73 Å². The van der Waals surface area contributed by atoms with E-state index >= 15 is 0 Å². The van der Waals surface area contributed by atoms with E-state index in [2.05, 4.69) is 35.3 Å². The van der Waals surface area contributed by atoms with Crippen LogP contribution in [0.1, 0.15) is 18.1 Å². The summed E-state index contributed by atoms with van der Waals surface area (Å²) in [6.07, 6.45) is 2.89. The summed E-state index contributed by atoms with van der Waals surface area (Å²) in [6, 6.07) is 12.6. The lowest BCUT2D eigenvalue weighted by atomic mass is 10.1. The van der Waals surface area contributed by atoms with Crippen LogP contribution in [0.25, 0.3) is 5.65 Å². The molecule has 5 heteroatoms. The SMILES string of the molecule is Cc1cc(CC(C)N)ccc1Sc1nnc2ccccn12. The van der Waals surface area contributed by atoms with Crippen LogP contribution in [0.15, 0.2) is 52.6 Å². The van der Waals surface area contributed by atoms with Crippen molar-refractivity contribution < 1.29 is 0 Å². The highest BCUT2D eigenvalue weighted by Gasteiger charge is 2.09. The Kier molecular flexibility index (Phi) is 3.94. The van der Waals surface area contributed by atoms with Gasteiger partial charge in [0.1, 0.15) is 0 Å². The Morgan fingerprint density at radius 2 is 2.10 bits per heavy atom. The minimum absolute atomic E-state index is 0.184. The number of nitrogens with zero attached hydrogens (tertiary/aromatic N) is 3. The summed E-state index contributed by atoms with van der Waals surface area (Å²) in [4.78, 5) is 1.20. The van der Waals surface area contributed by atoms with Crippen LogP contribution in [0, 0.1) is 6.92 Å². The van der Waals surface area contributed by atoms with E-state index in [9.17, 15) is 0 Å². The summed E-state index contributed by atoms with van der Waals surface area (Å²) in [5.74, 6) is 0. The standard InChI is InChI=1S/C16H18N4S/c1-11-9-13(10-12(2)17)6-7-14(11)21-16-19-18-15-5-3-4-8-20(15)16/h3-9,12H,10,17H2,1-2H3. The average molecular weight is 298 g/mol. The van der Waals surface area contributed by atoms with Crippen molar-refractivity contribution in [3.8, 4) is 0 Å². The van der Waals surface area contributed by atoms with E-state index in [-0.39, 0.29) is 6.04 Å². The molecule has 0 spiro atoms. The molecule has 2 N–H and O–H groups in total. The van der Waals surface area contributed by atoms with Gasteiger partial charge in [-0.3, -0.25) is 4.40 Å². The third-order valence-corrected chi connectivity index (χ3v) is 4.42. The Labute approximate surface area is 128 Å². The highest BCUT2D eigenvalue weighted by molar-refractivity contribution is 7.99. The van der Waals surface area contributed by atoms with E-state index in [0.29, 0.717) is 0 Å². The first kappa shape index (κ1) is 14.1. The smallest absolute Gasteiger partial charge is 0.200 e. The zero-order chi connectivity index (χ0) is 14.8. The first-order valence-electron chi connectivity index (χ1n) is 6.96. The zero-order valence-corrected chi connectivity index (χ0v) is 13.0. The third kappa shape index (κ3) is 3.09. The number of hydrogen-bond acceptors (Lipinski definition) is 4. The Bertz CT molecular complexity index is 764. The molecule has 0 aliphatic heterocycles. The Morgan fingerprint density at radius 3 is 2.86 bits per heavy atom. The second kappa shape index (κ2) is 5.87. The van der Waals surface area contributed by atoms with E-state index in [0.717, 1.165) is 17.2 Å². The zero-order valence-electron chi connectivity index (χ0n) is 12.2.